The van der Waals surface area contributed by atoms with Crippen LogP contribution in [0.25, 0.3) is 0 Å². The smallest absolute Gasteiger partial charge is 0.226 e. The fourth-order valence-electron chi connectivity index (χ4n) is 0.764. The SMILES string of the molecule is CC(=O)SC(=O)c1ccccc1. The summed E-state index contributed by atoms with van der Waals surface area (Å²) in [5.41, 5.74) is 0.567. The van der Waals surface area contributed by atoms with Crippen LogP contribution in [0.3, 0.4) is 0 Å². The molecule has 0 aromatic heterocycles. The van der Waals surface area contributed by atoms with Crippen molar-refractivity contribution in [3.63, 3.8) is 0 Å². The van der Waals surface area contributed by atoms with E-state index >= 15 is 0 Å². The van der Waals surface area contributed by atoms with Crippen molar-refractivity contribution >= 4 is 22.0 Å². The van der Waals surface area contributed by atoms with Crippen molar-refractivity contribution in [2.45, 2.75) is 6.92 Å². The fourth-order valence-corrected chi connectivity index (χ4v) is 1.28. The Bertz CT molecular complexity index is 293. The lowest BCUT2D eigenvalue weighted by Gasteiger charge is -1.95. The molecule has 0 fully saturated rings. The molecule has 2 nitrogen and oxygen atoms in total. The lowest BCUT2D eigenvalue weighted by Crippen LogP contribution is -1.95. The molecule has 62 valence electrons. The Labute approximate surface area is 75.0 Å². The predicted molar refractivity (Wildman–Crippen MR) is 49.0 cm³/mol. The van der Waals surface area contributed by atoms with Crippen LogP contribution >= 0.6 is 11.8 Å². The van der Waals surface area contributed by atoms with E-state index in [0.717, 1.165) is 11.8 Å². The number of thioether (sulfide) groups is 1. The van der Waals surface area contributed by atoms with E-state index in [4.69, 9.17) is 0 Å². The quantitative estimate of drug-likeness (QED) is 0.663. The van der Waals surface area contributed by atoms with Gasteiger partial charge in [0.1, 0.15) is 0 Å². The van der Waals surface area contributed by atoms with Gasteiger partial charge in [0.25, 0.3) is 0 Å². The number of rotatable bonds is 1. The first-order valence-corrected chi connectivity index (χ1v) is 4.29. The van der Waals surface area contributed by atoms with E-state index < -0.39 is 0 Å². The summed E-state index contributed by atoms with van der Waals surface area (Å²) >= 11 is 0.730. The second-order valence-electron chi connectivity index (χ2n) is 2.25. The molecule has 0 amide bonds. The third-order valence-corrected chi connectivity index (χ3v) is 1.95. The summed E-state index contributed by atoms with van der Waals surface area (Å²) in [6.07, 6.45) is 0. The first kappa shape index (κ1) is 9.00. The molecule has 0 aliphatic rings. The van der Waals surface area contributed by atoms with E-state index in [0.29, 0.717) is 5.56 Å². The average Bonchev–Trinajstić information content (AvgIpc) is 2.05. The predicted octanol–water partition coefficient (Wildman–Crippen LogP) is 2.11. The highest BCUT2D eigenvalue weighted by Gasteiger charge is 2.07. The van der Waals surface area contributed by atoms with E-state index in [-0.39, 0.29) is 10.2 Å². The van der Waals surface area contributed by atoms with Gasteiger partial charge in [-0.3, -0.25) is 9.59 Å². The second-order valence-corrected chi connectivity index (χ2v) is 3.40. The number of benzene rings is 1. The molecular formula is C9H8O2S. The highest BCUT2D eigenvalue weighted by Crippen LogP contribution is 2.11. The summed E-state index contributed by atoms with van der Waals surface area (Å²) in [6.45, 7) is 1.38. The highest BCUT2D eigenvalue weighted by atomic mass is 32.2. The number of carbonyl (C=O) groups is 2. The van der Waals surface area contributed by atoms with Gasteiger partial charge in [0.05, 0.1) is 0 Å². The third kappa shape index (κ3) is 2.51. The molecule has 0 unspecified atom stereocenters. The van der Waals surface area contributed by atoms with Crippen molar-refractivity contribution in [3.05, 3.63) is 35.9 Å². The molecule has 1 rings (SSSR count). The second kappa shape index (κ2) is 4.07. The molecule has 0 heterocycles. The Morgan fingerprint density at radius 2 is 1.75 bits per heavy atom. The zero-order chi connectivity index (χ0) is 8.97. The van der Waals surface area contributed by atoms with E-state index in [9.17, 15) is 9.59 Å². The van der Waals surface area contributed by atoms with Crippen LogP contribution in [0, 0.1) is 0 Å². The van der Waals surface area contributed by atoms with Crippen LogP contribution in [0.1, 0.15) is 17.3 Å². The molecule has 0 saturated carbocycles. The van der Waals surface area contributed by atoms with Crippen molar-refractivity contribution in [2.75, 3.05) is 0 Å². The van der Waals surface area contributed by atoms with Crippen LogP contribution in [0.15, 0.2) is 30.3 Å². The Morgan fingerprint density at radius 3 is 2.25 bits per heavy atom. The Kier molecular flexibility index (Phi) is 3.05. The van der Waals surface area contributed by atoms with Crippen molar-refractivity contribution in [1.82, 2.24) is 0 Å². The van der Waals surface area contributed by atoms with Gasteiger partial charge >= 0.3 is 0 Å². The monoisotopic (exact) mass is 180 g/mol. The normalized spacial score (nSPS) is 9.42. The molecule has 0 bridgehead atoms. The highest BCUT2D eigenvalue weighted by molar-refractivity contribution is 8.26. The minimum absolute atomic E-state index is 0.177. The van der Waals surface area contributed by atoms with E-state index in [1.54, 1.807) is 24.3 Å². The van der Waals surface area contributed by atoms with Crippen LogP contribution in [0.5, 0.6) is 0 Å². The van der Waals surface area contributed by atoms with Crippen LogP contribution in [-0.2, 0) is 4.79 Å². The molecule has 0 saturated heterocycles. The fraction of sp³-hybridized carbons (Fsp3) is 0.111. The zero-order valence-electron chi connectivity index (χ0n) is 6.61. The first-order chi connectivity index (χ1) is 5.70. The van der Waals surface area contributed by atoms with Gasteiger partial charge in [-0.25, -0.2) is 0 Å². The van der Waals surface area contributed by atoms with Gasteiger partial charge in [0.2, 0.25) is 5.12 Å². The van der Waals surface area contributed by atoms with Gasteiger partial charge in [0.15, 0.2) is 5.12 Å². The summed E-state index contributed by atoms with van der Waals surface area (Å²) in [7, 11) is 0. The third-order valence-electron chi connectivity index (χ3n) is 1.25. The minimum atomic E-state index is -0.192. The molecule has 0 aliphatic heterocycles. The van der Waals surface area contributed by atoms with Crippen molar-refractivity contribution in [2.24, 2.45) is 0 Å². The van der Waals surface area contributed by atoms with E-state index in [2.05, 4.69) is 0 Å². The lowest BCUT2D eigenvalue weighted by atomic mass is 10.2. The largest absolute Gasteiger partial charge is 0.287 e. The number of hydrogen-bond acceptors (Lipinski definition) is 3. The Hall–Kier alpha value is -1.09. The Morgan fingerprint density at radius 1 is 1.17 bits per heavy atom. The van der Waals surface area contributed by atoms with Crippen molar-refractivity contribution in [1.29, 1.82) is 0 Å². The van der Waals surface area contributed by atoms with Crippen LogP contribution < -0.4 is 0 Å². The topological polar surface area (TPSA) is 34.1 Å². The molecular weight excluding hydrogens is 172 g/mol. The summed E-state index contributed by atoms with van der Waals surface area (Å²) in [4.78, 5) is 21.8. The van der Waals surface area contributed by atoms with Crippen LogP contribution in [0.4, 0.5) is 0 Å². The standard InChI is InChI=1S/C9H8O2S/c1-7(10)12-9(11)8-5-3-2-4-6-8/h2-6H,1H3. The van der Waals surface area contributed by atoms with Crippen LogP contribution in [-0.4, -0.2) is 10.2 Å². The number of carbonyl (C=O) groups excluding carboxylic acids is 2. The van der Waals surface area contributed by atoms with Gasteiger partial charge in [-0.1, -0.05) is 30.3 Å². The molecule has 0 radical (unpaired) electrons. The maximum absolute atomic E-state index is 11.2. The maximum Gasteiger partial charge on any atom is 0.226 e. The Balaban J connectivity index is 2.73. The van der Waals surface area contributed by atoms with Crippen molar-refractivity contribution < 1.29 is 9.59 Å². The van der Waals surface area contributed by atoms with Crippen molar-refractivity contribution in [3.8, 4) is 0 Å². The zero-order valence-corrected chi connectivity index (χ0v) is 7.43. The molecule has 0 spiro atoms. The maximum atomic E-state index is 11.2. The summed E-state index contributed by atoms with van der Waals surface area (Å²) < 4.78 is 0. The number of hydrogen-bond donors (Lipinski definition) is 0. The molecule has 3 heteroatoms. The first-order valence-electron chi connectivity index (χ1n) is 3.48. The molecule has 1 aromatic carbocycles. The average molecular weight is 180 g/mol. The molecule has 0 atom stereocenters. The van der Waals surface area contributed by atoms with E-state index in [1.807, 2.05) is 6.07 Å². The van der Waals surface area contributed by atoms with E-state index in [1.165, 1.54) is 6.92 Å². The molecule has 0 aliphatic carbocycles. The van der Waals surface area contributed by atoms with Gasteiger partial charge in [-0.15, -0.1) is 0 Å². The lowest BCUT2D eigenvalue weighted by molar-refractivity contribution is -0.109. The summed E-state index contributed by atoms with van der Waals surface area (Å²) in [5, 5.41) is -0.369. The molecule has 0 N–H and O–H groups in total. The molecule has 12 heavy (non-hydrogen) atoms. The van der Waals surface area contributed by atoms with Gasteiger partial charge in [0, 0.05) is 12.5 Å². The summed E-state index contributed by atoms with van der Waals surface area (Å²) in [6, 6.07) is 8.76. The van der Waals surface area contributed by atoms with Gasteiger partial charge in [-0.2, -0.15) is 0 Å². The summed E-state index contributed by atoms with van der Waals surface area (Å²) in [5.74, 6) is 0. The van der Waals surface area contributed by atoms with Gasteiger partial charge < -0.3 is 0 Å². The minimum Gasteiger partial charge on any atom is -0.287 e. The van der Waals surface area contributed by atoms with Crippen LogP contribution in [0.2, 0.25) is 0 Å². The van der Waals surface area contributed by atoms with Gasteiger partial charge in [-0.05, 0) is 11.8 Å². The molecule has 1 aromatic rings.